The van der Waals surface area contributed by atoms with Gasteiger partial charge in [-0.2, -0.15) is 0 Å². The first kappa shape index (κ1) is 16.5. The Morgan fingerprint density at radius 3 is 2.61 bits per heavy atom. The highest BCUT2D eigenvalue weighted by Crippen LogP contribution is 2.24. The summed E-state index contributed by atoms with van der Waals surface area (Å²) in [6, 6.07) is 6.06. The van der Waals surface area contributed by atoms with E-state index in [9.17, 15) is 13.2 Å². The first-order chi connectivity index (χ1) is 10.9. The molecule has 1 aromatic carbocycles. The van der Waals surface area contributed by atoms with Crippen molar-refractivity contribution in [2.24, 2.45) is 0 Å². The Morgan fingerprint density at radius 1 is 1.22 bits per heavy atom. The summed E-state index contributed by atoms with van der Waals surface area (Å²) in [6.07, 6.45) is 4.26. The van der Waals surface area contributed by atoms with E-state index in [1.54, 1.807) is 24.1 Å². The summed E-state index contributed by atoms with van der Waals surface area (Å²) in [4.78, 5) is 12.7. The van der Waals surface area contributed by atoms with E-state index in [1.165, 1.54) is 17.5 Å². The number of rotatable bonds is 4. The quantitative estimate of drug-likeness (QED) is 0.776. The summed E-state index contributed by atoms with van der Waals surface area (Å²) in [5, 5.41) is 3.35. The maximum Gasteiger partial charge on any atom is 0.241 e. The third-order valence-electron chi connectivity index (χ3n) is 4.76. The van der Waals surface area contributed by atoms with Crippen molar-refractivity contribution in [3.8, 4) is 0 Å². The van der Waals surface area contributed by atoms with Gasteiger partial charge in [-0.1, -0.05) is 18.2 Å². The van der Waals surface area contributed by atoms with Crippen LogP contribution in [0.1, 0.15) is 29.5 Å². The minimum atomic E-state index is -3.01. The van der Waals surface area contributed by atoms with E-state index in [0.29, 0.717) is 12.8 Å². The van der Waals surface area contributed by atoms with Crippen LogP contribution in [0.2, 0.25) is 0 Å². The van der Waals surface area contributed by atoms with Crippen molar-refractivity contribution >= 4 is 15.7 Å². The molecular formula is C17H24N2O3S. The summed E-state index contributed by atoms with van der Waals surface area (Å²) in [6.45, 7) is 0. The molecule has 1 aromatic rings. The predicted octanol–water partition coefficient (Wildman–Crippen LogP) is 1.21. The number of hydrazine groups is 1. The Kier molecular flexibility index (Phi) is 4.47. The van der Waals surface area contributed by atoms with Crippen LogP contribution in [0.3, 0.4) is 0 Å². The molecule has 1 atom stereocenters. The second kappa shape index (κ2) is 6.24. The number of hydrogen-bond donors (Lipinski definition) is 0. The van der Waals surface area contributed by atoms with E-state index in [-0.39, 0.29) is 23.5 Å². The maximum absolute atomic E-state index is 12.7. The van der Waals surface area contributed by atoms with Gasteiger partial charge in [-0.15, -0.1) is 0 Å². The van der Waals surface area contributed by atoms with Gasteiger partial charge in [-0.05, 0) is 42.4 Å². The van der Waals surface area contributed by atoms with Gasteiger partial charge in [0.15, 0.2) is 9.84 Å². The molecular weight excluding hydrogens is 312 g/mol. The second-order valence-electron chi connectivity index (χ2n) is 6.78. The zero-order valence-electron chi connectivity index (χ0n) is 13.8. The normalized spacial score (nSPS) is 22.3. The first-order valence-corrected chi connectivity index (χ1v) is 9.98. The van der Waals surface area contributed by atoms with Crippen LogP contribution in [0, 0.1) is 0 Å². The average Bonchev–Trinajstić information content (AvgIpc) is 3.04. The Bertz CT molecular complexity index is 713. The fraction of sp³-hybridized carbons (Fsp3) is 0.588. The summed E-state index contributed by atoms with van der Waals surface area (Å²) >= 11 is 0. The van der Waals surface area contributed by atoms with Gasteiger partial charge in [0.1, 0.15) is 0 Å². The monoisotopic (exact) mass is 336 g/mol. The van der Waals surface area contributed by atoms with Crippen molar-refractivity contribution in [1.82, 2.24) is 10.0 Å². The van der Waals surface area contributed by atoms with Crippen LogP contribution < -0.4 is 0 Å². The molecule has 1 amide bonds. The van der Waals surface area contributed by atoms with Crippen LogP contribution >= 0.6 is 0 Å². The average molecular weight is 336 g/mol. The molecule has 2 aliphatic rings. The van der Waals surface area contributed by atoms with Gasteiger partial charge in [0.2, 0.25) is 5.91 Å². The molecule has 1 saturated heterocycles. The molecule has 0 saturated carbocycles. The molecule has 0 spiro atoms. The molecule has 0 unspecified atom stereocenters. The summed E-state index contributed by atoms with van der Waals surface area (Å²) in [5.74, 6) is 0.213. The lowest BCUT2D eigenvalue weighted by Crippen LogP contribution is -2.49. The molecule has 23 heavy (non-hydrogen) atoms. The van der Waals surface area contributed by atoms with E-state index in [1.807, 2.05) is 6.07 Å². The number of amides is 1. The summed E-state index contributed by atoms with van der Waals surface area (Å²) in [5.41, 5.74) is 3.77. The first-order valence-electron chi connectivity index (χ1n) is 8.16. The highest BCUT2D eigenvalue weighted by Gasteiger charge is 2.35. The van der Waals surface area contributed by atoms with Crippen molar-refractivity contribution in [3.63, 3.8) is 0 Å². The maximum atomic E-state index is 12.7. The Labute approximate surface area is 138 Å². The molecule has 0 aromatic heterocycles. The summed E-state index contributed by atoms with van der Waals surface area (Å²) < 4.78 is 23.4. The molecule has 0 radical (unpaired) electrons. The fourth-order valence-electron chi connectivity index (χ4n) is 3.71. The van der Waals surface area contributed by atoms with Crippen molar-refractivity contribution in [1.29, 1.82) is 0 Å². The van der Waals surface area contributed by atoms with Crippen molar-refractivity contribution in [2.45, 2.75) is 38.1 Å². The molecule has 1 fully saturated rings. The molecule has 1 heterocycles. The molecule has 1 aliphatic carbocycles. The van der Waals surface area contributed by atoms with Gasteiger partial charge in [-0.25, -0.2) is 13.4 Å². The van der Waals surface area contributed by atoms with E-state index < -0.39 is 9.84 Å². The predicted molar refractivity (Wildman–Crippen MR) is 89.8 cm³/mol. The van der Waals surface area contributed by atoms with Crippen molar-refractivity contribution < 1.29 is 13.2 Å². The van der Waals surface area contributed by atoms with Gasteiger partial charge in [0, 0.05) is 14.1 Å². The SMILES string of the molecule is CN(C)N(C(=O)Cc1ccc2c(c1)CCC2)[C@H]1CCS(=O)(=O)C1. The third-order valence-corrected chi connectivity index (χ3v) is 6.51. The molecule has 6 heteroatoms. The zero-order chi connectivity index (χ0) is 16.6. The van der Waals surface area contributed by atoms with Gasteiger partial charge in [0.05, 0.1) is 24.0 Å². The number of carbonyl (C=O) groups is 1. The second-order valence-corrected chi connectivity index (χ2v) is 9.00. The Balaban J connectivity index is 1.74. The fourth-order valence-corrected chi connectivity index (χ4v) is 5.40. The third kappa shape index (κ3) is 3.58. The number of carbonyl (C=O) groups excluding carboxylic acids is 1. The largest absolute Gasteiger partial charge is 0.273 e. The van der Waals surface area contributed by atoms with E-state index in [4.69, 9.17) is 0 Å². The van der Waals surface area contributed by atoms with E-state index >= 15 is 0 Å². The lowest BCUT2D eigenvalue weighted by atomic mass is 10.0. The van der Waals surface area contributed by atoms with Crippen LogP contribution in [-0.4, -0.2) is 56.0 Å². The number of aryl methyl sites for hydroxylation is 2. The summed E-state index contributed by atoms with van der Waals surface area (Å²) in [7, 11) is 0.585. The molecule has 0 bridgehead atoms. The smallest absolute Gasteiger partial charge is 0.241 e. The van der Waals surface area contributed by atoms with Gasteiger partial charge >= 0.3 is 0 Å². The van der Waals surface area contributed by atoms with Crippen LogP contribution in [-0.2, 0) is 33.9 Å². The van der Waals surface area contributed by atoms with Crippen LogP contribution in [0.4, 0.5) is 0 Å². The molecule has 5 nitrogen and oxygen atoms in total. The molecule has 1 aliphatic heterocycles. The number of benzene rings is 1. The molecule has 0 N–H and O–H groups in total. The lowest BCUT2D eigenvalue weighted by molar-refractivity contribution is -0.148. The number of fused-ring (bicyclic) bond motifs is 1. The number of nitrogens with zero attached hydrogens (tertiary/aromatic N) is 2. The minimum absolute atomic E-state index is 0.0324. The van der Waals surface area contributed by atoms with Crippen LogP contribution in [0.5, 0.6) is 0 Å². The van der Waals surface area contributed by atoms with E-state index in [2.05, 4.69) is 12.1 Å². The highest BCUT2D eigenvalue weighted by atomic mass is 32.2. The van der Waals surface area contributed by atoms with Crippen LogP contribution in [0.25, 0.3) is 0 Å². The van der Waals surface area contributed by atoms with Gasteiger partial charge < -0.3 is 0 Å². The minimum Gasteiger partial charge on any atom is -0.273 e. The van der Waals surface area contributed by atoms with E-state index in [0.717, 1.165) is 18.4 Å². The molecule has 126 valence electrons. The molecule has 3 rings (SSSR count). The van der Waals surface area contributed by atoms with Gasteiger partial charge in [0.25, 0.3) is 0 Å². The number of hydrogen-bond acceptors (Lipinski definition) is 4. The highest BCUT2D eigenvalue weighted by molar-refractivity contribution is 7.91. The van der Waals surface area contributed by atoms with Gasteiger partial charge in [-0.3, -0.25) is 9.80 Å². The number of sulfone groups is 1. The zero-order valence-corrected chi connectivity index (χ0v) is 14.6. The Morgan fingerprint density at radius 2 is 1.96 bits per heavy atom. The topological polar surface area (TPSA) is 57.7 Å². The van der Waals surface area contributed by atoms with Crippen LogP contribution in [0.15, 0.2) is 18.2 Å². The standard InChI is InChI=1S/C17H24N2O3S/c1-18(2)19(16-8-9-23(21,22)12-16)17(20)11-13-6-7-14-4-3-5-15(14)10-13/h6-7,10,16H,3-5,8-9,11-12H2,1-2H3/t16-/m0/s1. The van der Waals surface area contributed by atoms with Crippen molar-refractivity contribution in [2.75, 3.05) is 25.6 Å². The Hall–Kier alpha value is -1.40. The lowest BCUT2D eigenvalue weighted by Gasteiger charge is -2.33. The van der Waals surface area contributed by atoms with Crippen molar-refractivity contribution in [3.05, 3.63) is 34.9 Å².